The van der Waals surface area contributed by atoms with Crippen molar-refractivity contribution in [3.8, 4) is 0 Å². The second-order valence-corrected chi connectivity index (χ2v) is 4.68. The minimum absolute atomic E-state index is 0.142. The summed E-state index contributed by atoms with van der Waals surface area (Å²) in [6, 6.07) is 0. The average molecular weight is 217 g/mol. The third-order valence-corrected chi connectivity index (χ3v) is 3.49. The molecule has 1 rings (SSSR count). The van der Waals surface area contributed by atoms with Gasteiger partial charge >= 0.3 is 0 Å². The molecule has 1 amide bonds. The number of hydrogen-bond acceptors (Lipinski definition) is 3. The first-order valence-corrected chi connectivity index (χ1v) is 5.57. The van der Waals surface area contributed by atoms with Crippen molar-refractivity contribution in [1.82, 2.24) is 4.90 Å². The summed E-state index contributed by atoms with van der Waals surface area (Å²) in [6.07, 6.45) is 1.16. The monoisotopic (exact) mass is 217 g/mol. The molecule has 2 atom stereocenters. The fourth-order valence-electron chi connectivity index (χ4n) is 1.59. The van der Waals surface area contributed by atoms with Gasteiger partial charge in [-0.15, -0.1) is 0 Å². The summed E-state index contributed by atoms with van der Waals surface area (Å²) in [5.41, 5.74) is 0. The van der Waals surface area contributed by atoms with Crippen LogP contribution in [0.1, 0.15) is 20.3 Å². The van der Waals surface area contributed by atoms with E-state index < -0.39 is 0 Å². The lowest BCUT2D eigenvalue weighted by Crippen LogP contribution is -2.38. The van der Waals surface area contributed by atoms with Crippen LogP contribution in [0, 0.1) is 5.92 Å². The van der Waals surface area contributed by atoms with Gasteiger partial charge in [0.15, 0.2) is 0 Å². The van der Waals surface area contributed by atoms with E-state index in [1.54, 1.807) is 7.11 Å². The lowest BCUT2D eigenvalue weighted by Gasteiger charge is -2.22. The van der Waals surface area contributed by atoms with Crippen molar-refractivity contribution < 1.29 is 9.53 Å². The molecule has 1 aliphatic rings. The Hall–Kier alpha value is -0.220. The zero-order valence-corrected chi connectivity index (χ0v) is 9.96. The highest BCUT2D eigenvalue weighted by Gasteiger charge is 2.30. The van der Waals surface area contributed by atoms with Gasteiger partial charge in [-0.05, 0) is 12.3 Å². The second kappa shape index (κ2) is 5.03. The predicted octanol–water partition coefficient (Wildman–Crippen LogP) is 1.19. The molecule has 82 valence electrons. The van der Waals surface area contributed by atoms with Crippen molar-refractivity contribution in [2.75, 3.05) is 20.2 Å². The van der Waals surface area contributed by atoms with Gasteiger partial charge in [-0.2, -0.15) is 12.6 Å². The minimum atomic E-state index is -0.175. The van der Waals surface area contributed by atoms with Crippen LogP contribution >= 0.6 is 12.6 Å². The lowest BCUT2D eigenvalue weighted by molar-refractivity contribution is -0.130. The largest absolute Gasteiger partial charge is 0.380 e. The van der Waals surface area contributed by atoms with Crippen LogP contribution in [0.2, 0.25) is 0 Å². The summed E-state index contributed by atoms with van der Waals surface area (Å²) >= 11 is 4.32. The molecule has 0 aromatic heterocycles. The van der Waals surface area contributed by atoms with Crippen LogP contribution in [0.4, 0.5) is 0 Å². The van der Waals surface area contributed by atoms with Crippen molar-refractivity contribution in [3.63, 3.8) is 0 Å². The quantitative estimate of drug-likeness (QED) is 0.720. The first kappa shape index (κ1) is 11.9. The maximum absolute atomic E-state index is 11.8. The fourth-order valence-corrected chi connectivity index (χ4v) is 1.76. The summed E-state index contributed by atoms with van der Waals surface area (Å²) in [5, 5.41) is -0.175. The Bertz CT molecular complexity index is 208. The summed E-state index contributed by atoms with van der Waals surface area (Å²) in [5.74, 6) is 0.426. The van der Waals surface area contributed by atoms with Crippen LogP contribution in [-0.4, -0.2) is 42.4 Å². The van der Waals surface area contributed by atoms with Gasteiger partial charge in [-0.3, -0.25) is 4.79 Å². The Kier molecular flexibility index (Phi) is 4.26. The lowest BCUT2D eigenvalue weighted by atomic mass is 10.1. The van der Waals surface area contributed by atoms with E-state index >= 15 is 0 Å². The fraction of sp³-hybridized carbons (Fsp3) is 0.900. The number of rotatable bonds is 3. The molecule has 1 fully saturated rings. The first-order valence-electron chi connectivity index (χ1n) is 5.06. The number of carbonyl (C=O) groups excluding carboxylic acids is 1. The molecule has 14 heavy (non-hydrogen) atoms. The molecular formula is C10H19NO2S. The van der Waals surface area contributed by atoms with Gasteiger partial charge in [0.2, 0.25) is 5.91 Å². The molecule has 0 aromatic carbocycles. The topological polar surface area (TPSA) is 29.5 Å². The van der Waals surface area contributed by atoms with Crippen LogP contribution in [0.25, 0.3) is 0 Å². The van der Waals surface area contributed by atoms with Gasteiger partial charge in [0.1, 0.15) is 0 Å². The van der Waals surface area contributed by atoms with Crippen molar-refractivity contribution in [2.24, 2.45) is 5.92 Å². The van der Waals surface area contributed by atoms with Gasteiger partial charge in [0.25, 0.3) is 0 Å². The number of likely N-dealkylation sites (tertiary alicyclic amines) is 1. The Morgan fingerprint density at radius 1 is 1.57 bits per heavy atom. The number of hydrogen-bond donors (Lipinski definition) is 1. The summed E-state index contributed by atoms with van der Waals surface area (Å²) in [6.45, 7) is 5.55. The molecule has 0 spiro atoms. The maximum Gasteiger partial charge on any atom is 0.235 e. The number of thiol groups is 1. The van der Waals surface area contributed by atoms with Gasteiger partial charge in [0.05, 0.1) is 11.4 Å². The maximum atomic E-state index is 11.8. The highest BCUT2D eigenvalue weighted by molar-refractivity contribution is 7.81. The van der Waals surface area contributed by atoms with Gasteiger partial charge in [0, 0.05) is 20.2 Å². The molecule has 4 heteroatoms. The Morgan fingerprint density at radius 2 is 2.21 bits per heavy atom. The summed E-state index contributed by atoms with van der Waals surface area (Å²) in [7, 11) is 1.69. The molecule has 2 unspecified atom stereocenters. The molecule has 0 saturated carbocycles. The van der Waals surface area contributed by atoms with E-state index in [4.69, 9.17) is 4.74 Å². The van der Waals surface area contributed by atoms with E-state index in [1.165, 1.54) is 0 Å². The first-order chi connectivity index (χ1) is 6.56. The van der Waals surface area contributed by atoms with Gasteiger partial charge in [-0.1, -0.05) is 13.8 Å². The molecule has 3 nitrogen and oxygen atoms in total. The third-order valence-electron chi connectivity index (χ3n) is 2.67. The normalized spacial score (nSPS) is 24.4. The van der Waals surface area contributed by atoms with E-state index in [2.05, 4.69) is 12.6 Å². The van der Waals surface area contributed by atoms with Crippen LogP contribution in [0.15, 0.2) is 0 Å². The number of methoxy groups -OCH3 is 1. The van der Waals surface area contributed by atoms with Gasteiger partial charge < -0.3 is 9.64 Å². The highest BCUT2D eigenvalue weighted by Crippen LogP contribution is 2.18. The summed E-state index contributed by atoms with van der Waals surface area (Å²) in [4.78, 5) is 13.7. The standard InChI is InChI=1S/C10H19NO2S/c1-7(2)9(14)10(12)11-5-4-8(6-11)13-3/h7-9,14H,4-6H2,1-3H3. The smallest absolute Gasteiger partial charge is 0.235 e. The van der Waals surface area contributed by atoms with E-state index in [-0.39, 0.29) is 23.2 Å². The number of amides is 1. The number of ether oxygens (including phenoxy) is 1. The molecule has 1 heterocycles. The average Bonchev–Trinajstić information content (AvgIpc) is 2.63. The van der Waals surface area contributed by atoms with Crippen LogP contribution < -0.4 is 0 Å². The predicted molar refractivity (Wildman–Crippen MR) is 59.6 cm³/mol. The van der Waals surface area contributed by atoms with Crippen molar-refractivity contribution in [2.45, 2.75) is 31.6 Å². The molecule has 0 N–H and O–H groups in total. The number of carbonyl (C=O) groups is 1. The summed E-state index contributed by atoms with van der Waals surface area (Å²) < 4.78 is 5.21. The zero-order valence-electron chi connectivity index (χ0n) is 9.06. The zero-order chi connectivity index (χ0) is 10.7. The second-order valence-electron chi connectivity index (χ2n) is 4.12. The van der Waals surface area contributed by atoms with Crippen molar-refractivity contribution >= 4 is 18.5 Å². The SMILES string of the molecule is COC1CCN(C(=O)C(S)C(C)C)C1. The van der Waals surface area contributed by atoms with E-state index in [1.807, 2.05) is 18.7 Å². The molecule has 1 aliphatic heterocycles. The van der Waals surface area contributed by atoms with Crippen LogP contribution in [-0.2, 0) is 9.53 Å². The molecule has 0 aliphatic carbocycles. The highest BCUT2D eigenvalue weighted by atomic mass is 32.1. The Morgan fingerprint density at radius 3 is 2.64 bits per heavy atom. The van der Waals surface area contributed by atoms with Crippen molar-refractivity contribution in [3.05, 3.63) is 0 Å². The van der Waals surface area contributed by atoms with E-state index in [9.17, 15) is 4.79 Å². The Balaban J connectivity index is 2.47. The molecule has 1 saturated heterocycles. The number of nitrogens with zero attached hydrogens (tertiary/aromatic N) is 1. The van der Waals surface area contributed by atoms with Crippen molar-refractivity contribution in [1.29, 1.82) is 0 Å². The minimum Gasteiger partial charge on any atom is -0.380 e. The van der Waals surface area contributed by atoms with Crippen LogP contribution in [0.5, 0.6) is 0 Å². The van der Waals surface area contributed by atoms with Gasteiger partial charge in [-0.25, -0.2) is 0 Å². The molecular weight excluding hydrogens is 198 g/mol. The third kappa shape index (κ3) is 2.64. The van der Waals surface area contributed by atoms with E-state index in [0.29, 0.717) is 0 Å². The molecule has 0 aromatic rings. The molecule has 0 bridgehead atoms. The van der Waals surface area contributed by atoms with Crippen LogP contribution in [0.3, 0.4) is 0 Å². The molecule has 0 radical (unpaired) electrons. The Labute approximate surface area is 91.2 Å². The van der Waals surface area contributed by atoms with E-state index in [0.717, 1.165) is 19.5 Å².